The summed E-state index contributed by atoms with van der Waals surface area (Å²) in [7, 11) is 0. The van der Waals surface area contributed by atoms with Crippen molar-refractivity contribution >= 4 is 11.8 Å². The first-order valence-electron chi connectivity index (χ1n) is 16.7. The summed E-state index contributed by atoms with van der Waals surface area (Å²) in [6.45, 7) is 33.2. The Morgan fingerprint density at radius 1 is 0.929 bits per heavy atom. The quantitative estimate of drug-likeness (QED) is 0.203. The summed E-state index contributed by atoms with van der Waals surface area (Å²) in [4.78, 5) is 30.2. The monoisotopic (exact) mass is 585 g/mol. The van der Waals surface area contributed by atoms with Crippen LogP contribution in [0, 0.1) is 39.9 Å². The molecule has 0 aromatic heterocycles. The fraction of sp³-hybridized carbons (Fsp3) is 0.833. The van der Waals surface area contributed by atoms with Gasteiger partial charge in [0.25, 0.3) is 0 Å². The molecule has 6 unspecified atom stereocenters. The van der Waals surface area contributed by atoms with Crippen molar-refractivity contribution in [2.45, 2.75) is 145 Å². The smallest absolute Gasteiger partial charge is 0.246 e. The van der Waals surface area contributed by atoms with Gasteiger partial charge in [-0.15, -0.1) is 6.58 Å². The van der Waals surface area contributed by atoms with Crippen LogP contribution >= 0.6 is 0 Å². The molecule has 6 heteroatoms. The summed E-state index contributed by atoms with van der Waals surface area (Å²) in [6.07, 6.45) is 7.71. The van der Waals surface area contributed by atoms with Crippen molar-refractivity contribution in [3.63, 3.8) is 0 Å². The second kappa shape index (κ2) is 12.9. The van der Waals surface area contributed by atoms with Gasteiger partial charge in [-0.3, -0.25) is 9.59 Å². The number of amides is 2. The second-order valence-electron chi connectivity index (χ2n) is 17.5. The zero-order chi connectivity index (χ0) is 31.8. The minimum Gasteiger partial charge on any atom is -0.369 e. The predicted octanol–water partition coefficient (Wildman–Crippen LogP) is 7.03. The number of hydrogen-bond acceptors (Lipinski definition) is 4. The zero-order valence-corrected chi connectivity index (χ0v) is 29.0. The molecule has 3 rings (SSSR count). The summed E-state index contributed by atoms with van der Waals surface area (Å²) in [5.74, 6) is 2.51. The molecule has 2 saturated carbocycles. The van der Waals surface area contributed by atoms with Gasteiger partial charge in [0.2, 0.25) is 11.8 Å². The molecule has 240 valence electrons. The summed E-state index contributed by atoms with van der Waals surface area (Å²) < 4.78 is 0. The lowest BCUT2D eigenvalue weighted by atomic mass is 9.79. The minimum absolute atomic E-state index is 0.00226. The number of likely N-dealkylation sites (tertiary alicyclic amines) is 1. The Morgan fingerprint density at radius 3 is 2.02 bits per heavy atom. The van der Waals surface area contributed by atoms with Crippen molar-refractivity contribution in [2.75, 3.05) is 6.54 Å². The minimum atomic E-state index is -0.495. The van der Waals surface area contributed by atoms with Crippen LogP contribution in [0.4, 0.5) is 0 Å². The van der Waals surface area contributed by atoms with E-state index in [-0.39, 0.29) is 46.1 Å². The molecule has 3 N–H and O–H groups in total. The van der Waals surface area contributed by atoms with Gasteiger partial charge in [0, 0.05) is 18.6 Å². The van der Waals surface area contributed by atoms with Crippen LogP contribution in [0.3, 0.4) is 0 Å². The molecule has 0 bridgehead atoms. The SMILES string of the molecule is C=C(C)CC(CC1CCC1)NC(=O)C1C2C(C)[C@H]2CN1C(=O)C(NC(=C)NC(CCC(C)(C)C)C(C)(C)C)C(C)(C)C. The molecule has 3 aliphatic rings. The Morgan fingerprint density at radius 2 is 1.55 bits per heavy atom. The van der Waals surface area contributed by atoms with E-state index in [1.165, 1.54) is 19.3 Å². The molecule has 7 atom stereocenters. The Bertz CT molecular complexity index is 993. The molecule has 0 spiro atoms. The van der Waals surface area contributed by atoms with E-state index in [4.69, 9.17) is 0 Å². The Balaban J connectivity index is 1.75. The number of nitrogens with one attached hydrogen (secondary N) is 3. The highest BCUT2D eigenvalue weighted by atomic mass is 16.2. The molecular formula is C36H64N4O2. The van der Waals surface area contributed by atoms with E-state index >= 15 is 0 Å². The van der Waals surface area contributed by atoms with Crippen LogP contribution in [0.15, 0.2) is 24.6 Å². The van der Waals surface area contributed by atoms with Crippen LogP contribution in [0.25, 0.3) is 0 Å². The van der Waals surface area contributed by atoms with Crippen molar-refractivity contribution in [2.24, 2.45) is 39.9 Å². The third-order valence-corrected chi connectivity index (χ3v) is 10.1. The summed E-state index contributed by atoms with van der Waals surface area (Å²) in [5, 5.41) is 10.5. The highest BCUT2D eigenvalue weighted by molar-refractivity contribution is 5.92. The van der Waals surface area contributed by atoms with E-state index in [0.717, 1.165) is 31.3 Å². The van der Waals surface area contributed by atoms with Gasteiger partial charge < -0.3 is 20.9 Å². The molecule has 1 saturated heterocycles. The van der Waals surface area contributed by atoms with Gasteiger partial charge in [-0.1, -0.05) is 101 Å². The van der Waals surface area contributed by atoms with Gasteiger partial charge in [0.05, 0.1) is 5.82 Å². The van der Waals surface area contributed by atoms with Gasteiger partial charge in [-0.2, -0.15) is 0 Å². The molecule has 2 aliphatic carbocycles. The van der Waals surface area contributed by atoms with E-state index < -0.39 is 12.1 Å². The topological polar surface area (TPSA) is 73.5 Å². The summed E-state index contributed by atoms with van der Waals surface area (Å²) >= 11 is 0. The normalized spacial score (nSPS) is 26.4. The fourth-order valence-corrected chi connectivity index (χ4v) is 7.05. The van der Waals surface area contributed by atoms with E-state index in [2.05, 4.69) is 98.3 Å². The van der Waals surface area contributed by atoms with Gasteiger partial charge in [0.15, 0.2) is 0 Å². The third-order valence-electron chi connectivity index (χ3n) is 10.1. The lowest BCUT2D eigenvalue weighted by Gasteiger charge is -2.40. The maximum atomic E-state index is 14.4. The maximum absolute atomic E-state index is 14.4. The number of rotatable bonds is 13. The number of hydrogen-bond donors (Lipinski definition) is 3. The fourth-order valence-electron chi connectivity index (χ4n) is 7.05. The molecule has 2 amide bonds. The highest BCUT2D eigenvalue weighted by Crippen LogP contribution is 2.55. The van der Waals surface area contributed by atoms with Crippen molar-refractivity contribution in [3.05, 3.63) is 24.6 Å². The van der Waals surface area contributed by atoms with Gasteiger partial charge in [0.1, 0.15) is 12.1 Å². The van der Waals surface area contributed by atoms with E-state index in [9.17, 15) is 9.59 Å². The van der Waals surface area contributed by atoms with Gasteiger partial charge in [-0.05, 0) is 72.5 Å². The number of nitrogens with zero attached hydrogens (tertiary/aromatic N) is 1. The first kappa shape index (κ1) is 34.5. The third kappa shape index (κ3) is 9.02. The summed E-state index contributed by atoms with van der Waals surface area (Å²) in [6, 6.07) is -0.598. The Hall–Kier alpha value is -1.98. The molecule has 1 heterocycles. The average Bonchev–Trinajstić information content (AvgIpc) is 3.22. The number of carbonyl (C=O) groups excluding carboxylic acids is 2. The molecule has 42 heavy (non-hydrogen) atoms. The van der Waals surface area contributed by atoms with Crippen LogP contribution in [-0.4, -0.2) is 47.4 Å². The molecule has 0 aromatic rings. The first-order valence-corrected chi connectivity index (χ1v) is 16.7. The van der Waals surface area contributed by atoms with E-state index in [0.29, 0.717) is 30.1 Å². The van der Waals surface area contributed by atoms with Crippen molar-refractivity contribution in [3.8, 4) is 0 Å². The highest BCUT2D eigenvalue weighted by Gasteiger charge is 2.63. The Labute approximate surface area is 258 Å². The summed E-state index contributed by atoms with van der Waals surface area (Å²) in [5.41, 5.74) is 1.01. The number of carbonyl (C=O) groups is 2. The van der Waals surface area contributed by atoms with Crippen molar-refractivity contribution in [1.82, 2.24) is 20.9 Å². The lowest BCUT2D eigenvalue weighted by Crippen LogP contribution is -2.59. The average molecular weight is 585 g/mol. The molecule has 6 nitrogen and oxygen atoms in total. The second-order valence-corrected chi connectivity index (χ2v) is 17.5. The molecule has 1 aliphatic heterocycles. The van der Waals surface area contributed by atoms with Crippen LogP contribution in [0.2, 0.25) is 0 Å². The zero-order valence-electron chi connectivity index (χ0n) is 29.0. The van der Waals surface area contributed by atoms with Crippen molar-refractivity contribution < 1.29 is 9.59 Å². The van der Waals surface area contributed by atoms with E-state index in [1.54, 1.807) is 0 Å². The van der Waals surface area contributed by atoms with Crippen molar-refractivity contribution in [1.29, 1.82) is 0 Å². The number of piperidine rings is 1. The number of fused-ring (bicyclic) bond motifs is 1. The van der Waals surface area contributed by atoms with Crippen LogP contribution in [-0.2, 0) is 9.59 Å². The first-order chi connectivity index (χ1) is 19.2. The molecule has 3 fully saturated rings. The molecule has 0 aromatic carbocycles. The van der Waals surface area contributed by atoms with Crippen LogP contribution in [0.5, 0.6) is 0 Å². The van der Waals surface area contributed by atoms with Gasteiger partial charge in [-0.25, -0.2) is 0 Å². The largest absolute Gasteiger partial charge is 0.369 e. The Kier molecular flexibility index (Phi) is 10.6. The van der Waals surface area contributed by atoms with Crippen LogP contribution in [0.1, 0.15) is 121 Å². The molecular weight excluding hydrogens is 520 g/mol. The molecule has 0 radical (unpaired) electrons. The standard InChI is InChI=1S/C36H64N4O2/c1-22(2)19-26(20-25-15-14-16-25)39-32(41)30-29-23(3)27(29)21-40(30)33(42)31(36(11,12)13)38-24(4)37-28(35(8,9)10)17-18-34(5,6)7/h23,25-31,37-38H,1,4,14-21H2,2-3,5-13H3,(H,39,41)/t23?,26?,27-,28?,29?,30?,31?/m1/s1. The van der Waals surface area contributed by atoms with Gasteiger partial charge >= 0.3 is 0 Å². The van der Waals surface area contributed by atoms with Crippen LogP contribution < -0.4 is 16.0 Å². The lowest BCUT2D eigenvalue weighted by molar-refractivity contribution is -0.143. The predicted molar refractivity (Wildman–Crippen MR) is 176 cm³/mol. The maximum Gasteiger partial charge on any atom is 0.246 e. The van der Waals surface area contributed by atoms with E-state index in [1.807, 2.05) is 11.8 Å².